The van der Waals surface area contributed by atoms with Crippen LogP contribution in [-0.2, 0) is 14.4 Å². The summed E-state index contributed by atoms with van der Waals surface area (Å²) >= 11 is 0. The molecule has 8 nitrogen and oxygen atoms in total. The van der Waals surface area contributed by atoms with Gasteiger partial charge in [-0.2, -0.15) is 0 Å². The molecule has 1 rings (SSSR count). The first-order valence-electron chi connectivity index (χ1n) is 5.99. The third-order valence-electron chi connectivity index (χ3n) is 2.61. The number of hydrogen-bond acceptors (Lipinski definition) is 4. The molecule has 0 fully saturated rings. The number of nitrogens with one attached hydrogen (secondary N) is 1. The van der Waals surface area contributed by atoms with Crippen molar-refractivity contribution in [2.24, 2.45) is 22.9 Å². The van der Waals surface area contributed by atoms with Gasteiger partial charge in [0.2, 0.25) is 17.7 Å². The van der Waals surface area contributed by atoms with Crippen molar-refractivity contribution in [3.05, 3.63) is 47.5 Å². The van der Waals surface area contributed by atoms with Crippen molar-refractivity contribution in [3.8, 4) is 0 Å². The van der Waals surface area contributed by atoms with Crippen LogP contribution >= 0.6 is 0 Å². The molecule has 9 N–H and O–H groups in total. The van der Waals surface area contributed by atoms with Crippen molar-refractivity contribution < 1.29 is 14.4 Å². The van der Waals surface area contributed by atoms with Crippen molar-refractivity contribution in [2.45, 2.75) is 0 Å². The van der Waals surface area contributed by atoms with Gasteiger partial charge in [-0.3, -0.25) is 19.8 Å². The molecule has 0 spiro atoms. The van der Waals surface area contributed by atoms with Crippen LogP contribution in [0.25, 0.3) is 11.1 Å². The summed E-state index contributed by atoms with van der Waals surface area (Å²) in [7, 11) is 0. The van der Waals surface area contributed by atoms with E-state index in [9.17, 15) is 14.4 Å². The molecule has 0 unspecified atom stereocenters. The summed E-state index contributed by atoms with van der Waals surface area (Å²) in [4.78, 5) is 33.4. The lowest BCUT2D eigenvalue weighted by Crippen LogP contribution is -2.18. The molecule has 114 valence electrons. The van der Waals surface area contributed by atoms with E-state index in [0.29, 0.717) is 11.1 Å². The van der Waals surface area contributed by atoms with Gasteiger partial charge in [-0.15, -0.1) is 0 Å². The summed E-state index contributed by atoms with van der Waals surface area (Å²) in [5, 5.41) is 7.48. The quantitative estimate of drug-likeness (QED) is 0.253. The zero-order chi connectivity index (χ0) is 16.9. The second-order valence-corrected chi connectivity index (χ2v) is 4.28. The van der Waals surface area contributed by atoms with E-state index in [1.165, 1.54) is 12.1 Å². The monoisotopic (exact) mass is 301 g/mol. The molecule has 0 radical (unpaired) electrons. The minimum Gasteiger partial charge on any atom is -0.384 e. The average Bonchev–Trinajstić information content (AvgIpc) is 2.41. The first kappa shape index (κ1) is 16.6. The van der Waals surface area contributed by atoms with E-state index in [4.69, 9.17) is 28.3 Å². The molecule has 22 heavy (non-hydrogen) atoms. The van der Waals surface area contributed by atoms with Crippen LogP contribution in [0.4, 0.5) is 0 Å². The number of nitrogens with two attached hydrogens (primary N) is 4. The molecule has 0 aliphatic heterocycles. The fourth-order valence-corrected chi connectivity index (χ4v) is 1.75. The van der Waals surface area contributed by atoms with E-state index in [0.717, 1.165) is 12.2 Å². The molecule has 0 saturated heterocycles. The predicted molar refractivity (Wildman–Crippen MR) is 81.9 cm³/mol. The van der Waals surface area contributed by atoms with Gasteiger partial charge < -0.3 is 22.9 Å². The Morgan fingerprint density at radius 3 is 1.73 bits per heavy atom. The predicted octanol–water partition coefficient (Wildman–Crippen LogP) is -1.15. The average molecular weight is 301 g/mol. The summed E-state index contributed by atoms with van der Waals surface area (Å²) in [5.41, 5.74) is 21.4. The Balaban J connectivity index is 3.46. The van der Waals surface area contributed by atoms with Crippen LogP contribution in [0.2, 0.25) is 0 Å². The second-order valence-electron chi connectivity index (χ2n) is 4.28. The Bertz CT molecular complexity index is 662. The maximum atomic E-state index is 11.4. The summed E-state index contributed by atoms with van der Waals surface area (Å²) < 4.78 is 0. The van der Waals surface area contributed by atoms with E-state index >= 15 is 0 Å². The van der Waals surface area contributed by atoms with Gasteiger partial charge in [0, 0.05) is 17.7 Å². The Labute approximate surface area is 126 Å². The van der Waals surface area contributed by atoms with Crippen molar-refractivity contribution in [1.29, 1.82) is 5.41 Å². The van der Waals surface area contributed by atoms with Gasteiger partial charge in [-0.05, 0) is 17.2 Å². The van der Waals surface area contributed by atoms with Crippen LogP contribution in [0.1, 0.15) is 11.1 Å². The van der Waals surface area contributed by atoms with E-state index in [1.807, 2.05) is 0 Å². The Hall–Kier alpha value is -3.42. The SMILES string of the molecule is N=C(N)/C(=C\C(N)=O)c1cccc(/C(=C/C(N)=O)C(N)=O)c1. The van der Waals surface area contributed by atoms with E-state index in [-0.39, 0.29) is 17.0 Å². The lowest BCUT2D eigenvalue weighted by Gasteiger charge is -2.09. The molecular weight excluding hydrogens is 286 g/mol. The highest BCUT2D eigenvalue weighted by molar-refractivity contribution is 6.25. The minimum absolute atomic E-state index is 0.0808. The molecule has 0 saturated carbocycles. The van der Waals surface area contributed by atoms with Crippen LogP contribution in [0.15, 0.2) is 36.4 Å². The molecular formula is C14H15N5O3. The van der Waals surface area contributed by atoms with Crippen molar-refractivity contribution in [3.63, 3.8) is 0 Å². The number of amidine groups is 1. The highest BCUT2D eigenvalue weighted by atomic mass is 16.2. The molecule has 0 aliphatic rings. The van der Waals surface area contributed by atoms with Crippen molar-refractivity contribution >= 4 is 34.7 Å². The van der Waals surface area contributed by atoms with E-state index in [2.05, 4.69) is 0 Å². The number of carbonyl (C=O) groups is 3. The van der Waals surface area contributed by atoms with Gasteiger partial charge in [0.15, 0.2) is 0 Å². The molecule has 1 aromatic carbocycles. The highest BCUT2D eigenvalue weighted by Gasteiger charge is 2.13. The largest absolute Gasteiger partial charge is 0.384 e. The number of amides is 3. The molecule has 0 heterocycles. The molecule has 1 aromatic rings. The van der Waals surface area contributed by atoms with Gasteiger partial charge in [-0.25, -0.2) is 0 Å². The normalized spacial score (nSPS) is 11.8. The van der Waals surface area contributed by atoms with Gasteiger partial charge >= 0.3 is 0 Å². The highest BCUT2D eigenvalue weighted by Crippen LogP contribution is 2.21. The first-order chi connectivity index (χ1) is 10.2. The van der Waals surface area contributed by atoms with Crippen LogP contribution in [-0.4, -0.2) is 23.6 Å². The van der Waals surface area contributed by atoms with Gasteiger partial charge in [0.1, 0.15) is 5.84 Å². The summed E-state index contributed by atoms with van der Waals surface area (Å²) in [6.45, 7) is 0. The Morgan fingerprint density at radius 2 is 1.32 bits per heavy atom. The van der Waals surface area contributed by atoms with Crippen LogP contribution in [0.5, 0.6) is 0 Å². The number of benzene rings is 1. The van der Waals surface area contributed by atoms with Crippen LogP contribution < -0.4 is 22.9 Å². The summed E-state index contributed by atoms with van der Waals surface area (Å²) in [6, 6.07) is 6.06. The fraction of sp³-hybridized carbons (Fsp3) is 0. The lowest BCUT2D eigenvalue weighted by molar-refractivity contribution is -0.115. The number of hydrogen-bond donors (Lipinski definition) is 5. The maximum absolute atomic E-state index is 11.4. The smallest absolute Gasteiger partial charge is 0.249 e. The topological polar surface area (TPSA) is 179 Å². The Kier molecular flexibility index (Phi) is 5.17. The molecule has 0 atom stereocenters. The Morgan fingerprint density at radius 1 is 0.864 bits per heavy atom. The molecule has 3 amide bonds. The summed E-state index contributed by atoms with van der Waals surface area (Å²) in [5.74, 6) is -2.84. The van der Waals surface area contributed by atoms with Gasteiger partial charge in [0.05, 0.1) is 5.57 Å². The van der Waals surface area contributed by atoms with Crippen LogP contribution in [0, 0.1) is 5.41 Å². The standard InChI is InChI=1S/C14H15N5O3/c15-11(20)5-9(13(17)18)7-2-1-3-8(4-7)10(14(19)22)6-12(16)21/h1-6H,(H2,15,20)(H2,16,21)(H3,17,18)(H2,19,22)/b9-5-,10-6-. The second kappa shape index (κ2) is 6.84. The number of carbonyl (C=O) groups excluding carboxylic acids is 3. The zero-order valence-corrected chi connectivity index (χ0v) is 11.5. The van der Waals surface area contributed by atoms with Crippen molar-refractivity contribution in [1.82, 2.24) is 0 Å². The zero-order valence-electron chi connectivity index (χ0n) is 11.5. The van der Waals surface area contributed by atoms with Crippen molar-refractivity contribution in [2.75, 3.05) is 0 Å². The molecule has 0 aliphatic carbocycles. The van der Waals surface area contributed by atoms with E-state index < -0.39 is 17.7 Å². The third kappa shape index (κ3) is 4.30. The number of rotatable bonds is 6. The number of primary amides is 3. The summed E-state index contributed by atoms with van der Waals surface area (Å²) in [6.07, 6.45) is 1.88. The molecule has 0 aromatic heterocycles. The molecule has 0 bridgehead atoms. The van der Waals surface area contributed by atoms with Gasteiger partial charge in [-0.1, -0.05) is 18.2 Å². The van der Waals surface area contributed by atoms with E-state index in [1.54, 1.807) is 12.1 Å². The fourth-order valence-electron chi connectivity index (χ4n) is 1.75. The maximum Gasteiger partial charge on any atom is 0.249 e. The lowest BCUT2D eigenvalue weighted by atomic mass is 9.97. The molecule has 8 heteroatoms. The van der Waals surface area contributed by atoms with Gasteiger partial charge in [0.25, 0.3) is 0 Å². The third-order valence-corrected chi connectivity index (χ3v) is 2.61. The first-order valence-corrected chi connectivity index (χ1v) is 5.99. The van der Waals surface area contributed by atoms with Crippen LogP contribution in [0.3, 0.4) is 0 Å². The minimum atomic E-state index is -0.848.